The number of nitrogens with one attached hydrogen (secondary N) is 1. The summed E-state index contributed by atoms with van der Waals surface area (Å²) in [6, 6.07) is 10.5. The molecule has 1 amide bonds. The van der Waals surface area contributed by atoms with Crippen molar-refractivity contribution in [3.05, 3.63) is 57.4 Å². The van der Waals surface area contributed by atoms with Gasteiger partial charge in [0.2, 0.25) is 0 Å². The molecule has 1 N–H and O–H groups in total. The lowest BCUT2D eigenvalue weighted by Crippen LogP contribution is -2.13. The van der Waals surface area contributed by atoms with E-state index in [0.717, 1.165) is 17.0 Å². The number of hydrogen-bond acceptors (Lipinski definition) is 5. The summed E-state index contributed by atoms with van der Waals surface area (Å²) in [4.78, 5) is 17.0. The van der Waals surface area contributed by atoms with Crippen LogP contribution in [0.5, 0.6) is 11.5 Å². The van der Waals surface area contributed by atoms with E-state index in [4.69, 9.17) is 32.7 Å². The fourth-order valence-corrected chi connectivity index (χ4v) is 3.61. The van der Waals surface area contributed by atoms with Gasteiger partial charge in [0, 0.05) is 16.0 Å². The molecular weight excluding hydrogens is 395 g/mol. The summed E-state index contributed by atoms with van der Waals surface area (Å²) in [6.45, 7) is 0. The monoisotopic (exact) mass is 408 g/mol. The standard InChI is InChI=1S/C18H14Cl2N2O3S/c1-24-12-5-3-10(4-6-12)15-9-26-18(21-15)22-17(23)13-7-11(19)8-14(20)16(13)25-2/h3-9H,1-2H3,(H,21,22,23). The highest BCUT2D eigenvalue weighted by molar-refractivity contribution is 7.14. The van der Waals surface area contributed by atoms with Gasteiger partial charge in [-0.05, 0) is 36.4 Å². The van der Waals surface area contributed by atoms with Crippen molar-refractivity contribution in [2.24, 2.45) is 0 Å². The molecule has 0 unspecified atom stereocenters. The van der Waals surface area contributed by atoms with E-state index in [0.29, 0.717) is 10.2 Å². The zero-order valence-electron chi connectivity index (χ0n) is 13.9. The Kier molecular flexibility index (Phi) is 5.66. The summed E-state index contributed by atoms with van der Waals surface area (Å²) >= 11 is 13.4. The van der Waals surface area contributed by atoms with Gasteiger partial charge in [-0.25, -0.2) is 4.98 Å². The van der Waals surface area contributed by atoms with Gasteiger partial charge in [0.05, 0.1) is 30.5 Å². The van der Waals surface area contributed by atoms with E-state index < -0.39 is 5.91 Å². The Morgan fingerprint density at radius 3 is 2.50 bits per heavy atom. The first-order valence-corrected chi connectivity index (χ1v) is 9.09. The summed E-state index contributed by atoms with van der Waals surface area (Å²) in [7, 11) is 3.05. The summed E-state index contributed by atoms with van der Waals surface area (Å²) < 4.78 is 10.4. The van der Waals surface area contributed by atoms with Gasteiger partial charge in [0.15, 0.2) is 5.13 Å². The highest BCUT2D eigenvalue weighted by Crippen LogP contribution is 2.33. The Bertz CT molecular complexity index is 942. The van der Waals surface area contributed by atoms with E-state index in [-0.39, 0.29) is 16.3 Å². The predicted molar refractivity (Wildman–Crippen MR) is 105 cm³/mol. The Balaban J connectivity index is 1.82. The average Bonchev–Trinajstić information content (AvgIpc) is 3.09. The van der Waals surface area contributed by atoms with E-state index in [2.05, 4.69) is 10.3 Å². The van der Waals surface area contributed by atoms with Crippen molar-refractivity contribution in [2.45, 2.75) is 0 Å². The molecule has 8 heteroatoms. The van der Waals surface area contributed by atoms with Crippen LogP contribution in [0.1, 0.15) is 10.4 Å². The van der Waals surface area contributed by atoms with Crippen molar-refractivity contribution >= 4 is 45.6 Å². The van der Waals surface area contributed by atoms with Crippen LogP contribution in [-0.4, -0.2) is 25.1 Å². The van der Waals surface area contributed by atoms with Crippen LogP contribution in [-0.2, 0) is 0 Å². The van der Waals surface area contributed by atoms with E-state index in [9.17, 15) is 4.79 Å². The van der Waals surface area contributed by atoms with Crippen LogP contribution in [0.15, 0.2) is 41.8 Å². The number of amides is 1. The fraction of sp³-hybridized carbons (Fsp3) is 0.111. The van der Waals surface area contributed by atoms with Crippen molar-refractivity contribution in [2.75, 3.05) is 19.5 Å². The molecule has 5 nitrogen and oxygen atoms in total. The van der Waals surface area contributed by atoms with Gasteiger partial charge < -0.3 is 9.47 Å². The average molecular weight is 409 g/mol. The molecule has 1 aromatic heterocycles. The molecule has 3 rings (SSSR count). The number of halogens is 2. The first-order chi connectivity index (χ1) is 12.5. The lowest BCUT2D eigenvalue weighted by molar-refractivity contribution is 0.102. The number of thiazole rings is 1. The highest BCUT2D eigenvalue weighted by Gasteiger charge is 2.18. The Labute approximate surface area is 164 Å². The zero-order chi connectivity index (χ0) is 18.7. The number of carbonyl (C=O) groups excluding carboxylic acids is 1. The van der Waals surface area contributed by atoms with Crippen molar-refractivity contribution in [1.29, 1.82) is 0 Å². The van der Waals surface area contributed by atoms with Crippen LogP contribution in [0, 0.1) is 0 Å². The molecular formula is C18H14Cl2N2O3S. The summed E-state index contributed by atoms with van der Waals surface area (Å²) in [5.41, 5.74) is 1.92. The Morgan fingerprint density at radius 1 is 1.12 bits per heavy atom. The number of aromatic nitrogens is 1. The molecule has 0 bridgehead atoms. The Hall–Kier alpha value is -2.28. The number of ether oxygens (including phenoxy) is 2. The molecule has 0 aliphatic heterocycles. The number of rotatable bonds is 5. The SMILES string of the molecule is COc1ccc(-c2csc(NC(=O)c3cc(Cl)cc(Cl)c3OC)n2)cc1. The van der Waals surface area contributed by atoms with Crippen LogP contribution in [0.2, 0.25) is 10.0 Å². The largest absolute Gasteiger partial charge is 0.497 e. The summed E-state index contributed by atoms with van der Waals surface area (Å²) in [5.74, 6) is 0.629. The third-order valence-electron chi connectivity index (χ3n) is 3.57. The minimum atomic E-state index is -0.401. The van der Waals surface area contributed by atoms with Crippen LogP contribution in [0.25, 0.3) is 11.3 Å². The van der Waals surface area contributed by atoms with Crippen molar-refractivity contribution < 1.29 is 14.3 Å². The number of anilines is 1. The second-order valence-corrected chi connectivity index (χ2v) is 6.89. The maximum Gasteiger partial charge on any atom is 0.261 e. The molecule has 0 atom stereocenters. The summed E-state index contributed by atoms with van der Waals surface area (Å²) in [5, 5.41) is 5.68. The quantitative estimate of drug-likeness (QED) is 0.614. The van der Waals surface area contributed by atoms with E-state index in [1.165, 1.54) is 30.6 Å². The maximum atomic E-state index is 12.6. The van der Waals surface area contributed by atoms with Crippen molar-refractivity contribution in [1.82, 2.24) is 4.98 Å². The molecule has 26 heavy (non-hydrogen) atoms. The van der Waals surface area contributed by atoms with E-state index >= 15 is 0 Å². The second-order valence-electron chi connectivity index (χ2n) is 5.19. The van der Waals surface area contributed by atoms with Crippen molar-refractivity contribution in [3.63, 3.8) is 0 Å². The van der Waals surface area contributed by atoms with Crippen LogP contribution in [0.4, 0.5) is 5.13 Å². The summed E-state index contributed by atoms with van der Waals surface area (Å²) in [6.07, 6.45) is 0. The van der Waals surface area contributed by atoms with Gasteiger partial charge in [-0.2, -0.15) is 0 Å². The van der Waals surface area contributed by atoms with Gasteiger partial charge in [-0.15, -0.1) is 11.3 Å². The van der Waals surface area contributed by atoms with Crippen LogP contribution in [0.3, 0.4) is 0 Å². The van der Waals surface area contributed by atoms with Crippen LogP contribution < -0.4 is 14.8 Å². The molecule has 0 saturated heterocycles. The fourth-order valence-electron chi connectivity index (χ4n) is 2.33. The van der Waals surface area contributed by atoms with Gasteiger partial charge in [0.1, 0.15) is 11.5 Å². The van der Waals surface area contributed by atoms with Gasteiger partial charge in [-0.3, -0.25) is 10.1 Å². The molecule has 3 aromatic rings. The number of nitrogens with zero attached hydrogens (tertiary/aromatic N) is 1. The van der Waals surface area contributed by atoms with E-state index in [1.807, 2.05) is 29.6 Å². The molecule has 0 aliphatic rings. The lowest BCUT2D eigenvalue weighted by atomic mass is 10.2. The molecule has 2 aromatic carbocycles. The molecule has 134 valence electrons. The third-order valence-corrected chi connectivity index (χ3v) is 4.82. The number of carbonyl (C=O) groups is 1. The minimum absolute atomic E-state index is 0.242. The minimum Gasteiger partial charge on any atom is -0.497 e. The molecule has 0 aliphatic carbocycles. The van der Waals surface area contributed by atoms with Gasteiger partial charge >= 0.3 is 0 Å². The lowest BCUT2D eigenvalue weighted by Gasteiger charge is -2.10. The van der Waals surface area contributed by atoms with E-state index in [1.54, 1.807) is 7.11 Å². The first kappa shape index (κ1) is 18.5. The number of hydrogen-bond donors (Lipinski definition) is 1. The third kappa shape index (κ3) is 3.93. The number of benzene rings is 2. The molecule has 0 fully saturated rings. The molecule has 0 radical (unpaired) electrons. The maximum absolute atomic E-state index is 12.6. The Morgan fingerprint density at radius 2 is 1.85 bits per heavy atom. The number of methoxy groups -OCH3 is 2. The predicted octanol–water partition coefficient (Wildman–Crippen LogP) is 5.39. The van der Waals surface area contributed by atoms with Gasteiger partial charge in [-0.1, -0.05) is 23.2 Å². The molecule has 0 saturated carbocycles. The molecule has 0 spiro atoms. The normalized spacial score (nSPS) is 10.5. The van der Waals surface area contributed by atoms with Crippen molar-refractivity contribution in [3.8, 4) is 22.8 Å². The molecule has 1 heterocycles. The van der Waals surface area contributed by atoms with Gasteiger partial charge in [0.25, 0.3) is 5.91 Å². The van der Waals surface area contributed by atoms with Crippen LogP contribution >= 0.6 is 34.5 Å². The zero-order valence-corrected chi connectivity index (χ0v) is 16.2. The highest BCUT2D eigenvalue weighted by atomic mass is 35.5. The second kappa shape index (κ2) is 7.95. The topological polar surface area (TPSA) is 60.5 Å². The smallest absolute Gasteiger partial charge is 0.261 e. The first-order valence-electron chi connectivity index (χ1n) is 7.46.